The second kappa shape index (κ2) is 6.18. The molecular weight excluding hydrogens is 250 g/mol. The first-order chi connectivity index (χ1) is 9.47. The average molecular weight is 273 g/mol. The molecule has 1 heterocycles. The van der Waals surface area contributed by atoms with Crippen molar-refractivity contribution in [3.8, 4) is 11.4 Å². The van der Waals surface area contributed by atoms with Crippen LogP contribution >= 0.6 is 0 Å². The maximum absolute atomic E-state index is 5.39. The summed E-state index contributed by atoms with van der Waals surface area (Å²) in [7, 11) is 0. The fourth-order valence-corrected chi connectivity index (χ4v) is 2.34. The topological polar surface area (TPSA) is 42.2 Å². The molecule has 2 aromatic rings. The third-order valence-corrected chi connectivity index (χ3v) is 3.39. The molecule has 0 saturated carbocycles. The number of hydrogen-bond donors (Lipinski definition) is 0. The molecule has 0 atom stereocenters. The number of benzene rings is 1. The van der Waals surface area contributed by atoms with E-state index in [2.05, 4.69) is 61.8 Å². The molecule has 1 aromatic heterocycles. The van der Waals surface area contributed by atoms with Crippen molar-refractivity contribution in [2.24, 2.45) is 0 Å². The third kappa shape index (κ3) is 3.45. The highest BCUT2D eigenvalue weighted by atomic mass is 16.5. The predicted octanol–water partition coefficient (Wildman–Crippen LogP) is 3.66. The normalized spacial score (nSPS) is 11.8. The molecular formula is C16H23N3O. The Hall–Kier alpha value is -1.68. The highest BCUT2D eigenvalue weighted by Crippen LogP contribution is 2.18. The van der Waals surface area contributed by atoms with Crippen LogP contribution in [-0.2, 0) is 6.54 Å². The second-order valence-corrected chi connectivity index (χ2v) is 5.74. The maximum Gasteiger partial charge on any atom is 0.241 e. The zero-order chi connectivity index (χ0) is 14.7. The highest BCUT2D eigenvalue weighted by molar-refractivity contribution is 5.55. The molecule has 0 aliphatic rings. The van der Waals surface area contributed by atoms with Gasteiger partial charge in [0.25, 0.3) is 0 Å². The van der Waals surface area contributed by atoms with Crippen LogP contribution in [0.15, 0.2) is 28.8 Å². The lowest BCUT2D eigenvalue weighted by Crippen LogP contribution is -2.36. The van der Waals surface area contributed by atoms with Gasteiger partial charge in [-0.25, -0.2) is 0 Å². The highest BCUT2D eigenvalue weighted by Gasteiger charge is 2.18. The smallest absolute Gasteiger partial charge is 0.241 e. The van der Waals surface area contributed by atoms with Crippen LogP contribution < -0.4 is 0 Å². The van der Waals surface area contributed by atoms with Gasteiger partial charge in [0.15, 0.2) is 0 Å². The van der Waals surface area contributed by atoms with Crippen molar-refractivity contribution < 1.29 is 4.52 Å². The lowest BCUT2D eigenvalue weighted by molar-refractivity contribution is 0.145. The van der Waals surface area contributed by atoms with Gasteiger partial charge in [-0.05, 0) is 40.7 Å². The van der Waals surface area contributed by atoms with Crippen LogP contribution in [0.3, 0.4) is 0 Å². The van der Waals surface area contributed by atoms with Gasteiger partial charge in [0, 0.05) is 17.6 Å². The molecule has 0 fully saturated rings. The number of nitrogens with zero attached hydrogens (tertiary/aromatic N) is 3. The molecule has 4 heteroatoms. The molecule has 0 amide bonds. The van der Waals surface area contributed by atoms with Crippen LogP contribution in [0.2, 0.25) is 0 Å². The largest absolute Gasteiger partial charge is 0.338 e. The summed E-state index contributed by atoms with van der Waals surface area (Å²) in [6, 6.07) is 9.04. The van der Waals surface area contributed by atoms with Gasteiger partial charge < -0.3 is 4.52 Å². The Bertz CT molecular complexity index is 552. The number of hydrogen-bond acceptors (Lipinski definition) is 4. The molecule has 0 bridgehead atoms. The van der Waals surface area contributed by atoms with Gasteiger partial charge in [0.2, 0.25) is 11.7 Å². The van der Waals surface area contributed by atoms with E-state index >= 15 is 0 Å². The van der Waals surface area contributed by atoms with Crippen LogP contribution in [-0.4, -0.2) is 27.1 Å². The van der Waals surface area contributed by atoms with E-state index in [-0.39, 0.29) is 0 Å². The SMILES string of the molecule is Cc1cccc(-c2noc(CN(C(C)C)C(C)C)n2)c1. The van der Waals surface area contributed by atoms with Gasteiger partial charge in [0.1, 0.15) is 0 Å². The number of aromatic nitrogens is 2. The first-order valence-electron chi connectivity index (χ1n) is 7.12. The van der Waals surface area contributed by atoms with E-state index in [1.165, 1.54) is 5.56 Å². The van der Waals surface area contributed by atoms with E-state index < -0.39 is 0 Å². The summed E-state index contributed by atoms with van der Waals surface area (Å²) < 4.78 is 5.39. The standard InChI is InChI=1S/C16H23N3O/c1-11(2)19(12(3)4)10-15-17-16(18-20-15)14-8-6-7-13(5)9-14/h6-9,11-12H,10H2,1-5H3. The monoisotopic (exact) mass is 273 g/mol. The summed E-state index contributed by atoms with van der Waals surface area (Å²) in [4.78, 5) is 6.83. The summed E-state index contributed by atoms with van der Waals surface area (Å²) in [6.45, 7) is 11.5. The molecule has 0 spiro atoms. The fraction of sp³-hybridized carbons (Fsp3) is 0.500. The van der Waals surface area contributed by atoms with Gasteiger partial charge in [-0.1, -0.05) is 28.9 Å². The molecule has 0 unspecified atom stereocenters. The van der Waals surface area contributed by atoms with Crippen molar-refractivity contribution in [2.45, 2.75) is 53.2 Å². The molecule has 0 aliphatic carbocycles. The van der Waals surface area contributed by atoms with Crippen LogP contribution in [0.5, 0.6) is 0 Å². The predicted molar refractivity (Wildman–Crippen MR) is 80.3 cm³/mol. The number of rotatable bonds is 5. The van der Waals surface area contributed by atoms with Crippen LogP contribution in [0.4, 0.5) is 0 Å². The van der Waals surface area contributed by atoms with Gasteiger partial charge in [0.05, 0.1) is 6.54 Å². The molecule has 0 saturated heterocycles. The van der Waals surface area contributed by atoms with Crippen LogP contribution in [0.25, 0.3) is 11.4 Å². The first kappa shape index (κ1) is 14.7. The molecule has 0 N–H and O–H groups in total. The third-order valence-electron chi connectivity index (χ3n) is 3.39. The maximum atomic E-state index is 5.39. The Balaban J connectivity index is 2.17. The van der Waals surface area contributed by atoms with E-state index in [1.54, 1.807) is 0 Å². The summed E-state index contributed by atoms with van der Waals surface area (Å²) in [5.74, 6) is 1.33. The van der Waals surface area contributed by atoms with Crippen LogP contribution in [0, 0.1) is 6.92 Å². The van der Waals surface area contributed by atoms with Gasteiger partial charge >= 0.3 is 0 Å². The minimum absolute atomic E-state index is 0.448. The van der Waals surface area contributed by atoms with Crippen molar-refractivity contribution >= 4 is 0 Å². The van der Waals surface area contributed by atoms with Gasteiger partial charge in [-0.2, -0.15) is 4.98 Å². The molecule has 2 rings (SSSR count). The Morgan fingerprint density at radius 2 is 1.85 bits per heavy atom. The molecule has 108 valence electrons. The van der Waals surface area contributed by atoms with E-state index in [1.807, 2.05) is 12.1 Å². The minimum atomic E-state index is 0.448. The van der Waals surface area contributed by atoms with Gasteiger partial charge in [-0.3, -0.25) is 4.90 Å². The van der Waals surface area contributed by atoms with E-state index in [4.69, 9.17) is 4.52 Å². The summed E-state index contributed by atoms with van der Waals surface area (Å²) in [5.41, 5.74) is 2.19. The summed E-state index contributed by atoms with van der Waals surface area (Å²) in [6.07, 6.45) is 0. The Labute approximate surface area is 120 Å². The van der Waals surface area contributed by atoms with E-state index in [9.17, 15) is 0 Å². The zero-order valence-electron chi connectivity index (χ0n) is 12.9. The van der Waals surface area contributed by atoms with E-state index in [0.29, 0.717) is 30.3 Å². The summed E-state index contributed by atoms with van der Waals surface area (Å²) >= 11 is 0. The van der Waals surface area contributed by atoms with Crippen molar-refractivity contribution in [1.82, 2.24) is 15.0 Å². The number of aryl methyl sites for hydroxylation is 1. The van der Waals surface area contributed by atoms with E-state index in [0.717, 1.165) is 5.56 Å². The second-order valence-electron chi connectivity index (χ2n) is 5.74. The van der Waals surface area contributed by atoms with Gasteiger partial charge in [-0.15, -0.1) is 0 Å². The Kier molecular flexibility index (Phi) is 4.55. The zero-order valence-corrected chi connectivity index (χ0v) is 12.9. The Morgan fingerprint density at radius 1 is 1.15 bits per heavy atom. The van der Waals surface area contributed by atoms with Crippen molar-refractivity contribution in [2.75, 3.05) is 0 Å². The fourth-order valence-electron chi connectivity index (χ4n) is 2.34. The average Bonchev–Trinajstić information content (AvgIpc) is 2.83. The molecule has 0 radical (unpaired) electrons. The minimum Gasteiger partial charge on any atom is -0.338 e. The quantitative estimate of drug-likeness (QED) is 0.833. The van der Waals surface area contributed by atoms with Crippen molar-refractivity contribution in [3.05, 3.63) is 35.7 Å². The molecule has 20 heavy (non-hydrogen) atoms. The first-order valence-corrected chi connectivity index (χ1v) is 7.12. The Morgan fingerprint density at radius 3 is 2.45 bits per heavy atom. The van der Waals surface area contributed by atoms with Crippen LogP contribution in [0.1, 0.15) is 39.1 Å². The van der Waals surface area contributed by atoms with Crippen molar-refractivity contribution in [3.63, 3.8) is 0 Å². The molecule has 4 nitrogen and oxygen atoms in total. The lowest BCUT2D eigenvalue weighted by Gasteiger charge is -2.28. The summed E-state index contributed by atoms with van der Waals surface area (Å²) in [5, 5.41) is 4.09. The van der Waals surface area contributed by atoms with Crippen molar-refractivity contribution in [1.29, 1.82) is 0 Å². The molecule has 0 aliphatic heterocycles. The molecule has 1 aromatic carbocycles. The lowest BCUT2D eigenvalue weighted by atomic mass is 10.1.